The van der Waals surface area contributed by atoms with Crippen molar-refractivity contribution in [3.63, 3.8) is 0 Å². The molecular formula is C16H14ClF3N4OS. The smallest absolute Gasteiger partial charge is 0.453 e. The van der Waals surface area contributed by atoms with Gasteiger partial charge in [0.15, 0.2) is 5.65 Å². The van der Waals surface area contributed by atoms with Crippen LogP contribution in [-0.4, -0.2) is 26.9 Å². The van der Waals surface area contributed by atoms with Gasteiger partial charge in [0.1, 0.15) is 10.8 Å². The molecule has 0 aliphatic rings. The number of aromatic nitrogens is 4. The number of ether oxygens (including phenoxy) is 1. The van der Waals surface area contributed by atoms with Gasteiger partial charge in [-0.3, -0.25) is 0 Å². The van der Waals surface area contributed by atoms with E-state index in [1.165, 1.54) is 18.9 Å². The highest BCUT2D eigenvalue weighted by atomic mass is 35.5. The molecule has 0 saturated heterocycles. The molecule has 3 aromatic rings. The molecule has 3 rings (SSSR count). The molecule has 0 aliphatic carbocycles. The lowest BCUT2D eigenvalue weighted by Gasteiger charge is -2.11. The Morgan fingerprint density at radius 1 is 1.19 bits per heavy atom. The number of halogens is 4. The van der Waals surface area contributed by atoms with Crippen LogP contribution in [0, 0.1) is 13.8 Å². The fourth-order valence-electron chi connectivity index (χ4n) is 2.37. The number of fused-ring (bicyclic) bond motifs is 1. The van der Waals surface area contributed by atoms with Gasteiger partial charge in [-0.2, -0.15) is 22.8 Å². The Balaban J connectivity index is 1.95. The van der Waals surface area contributed by atoms with Crippen molar-refractivity contribution in [3.8, 4) is 5.75 Å². The molecule has 2 heterocycles. The van der Waals surface area contributed by atoms with Crippen LogP contribution in [0.5, 0.6) is 5.75 Å². The molecule has 0 saturated carbocycles. The first-order valence-corrected chi connectivity index (χ1v) is 8.83. The second-order valence-corrected chi connectivity index (χ2v) is 6.94. The quantitative estimate of drug-likeness (QED) is 0.591. The molecule has 138 valence electrons. The molecule has 0 unspecified atom stereocenters. The van der Waals surface area contributed by atoms with Gasteiger partial charge in [0, 0.05) is 11.3 Å². The summed E-state index contributed by atoms with van der Waals surface area (Å²) in [4.78, 5) is 0. The zero-order valence-corrected chi connectivity index (χ0v) is 15.6. The Kier molecular flexibility index (Phi) is 5.03. The molecule has 2 aromatic heterocycles. The van der Waals surface area contributed by atoms with Gasteiger partial charge in [0.05, 0.1) is 12.1 Å². The molecule has 0 N–H and O–H groups in total. The van der Waals surface area contributed by atoms with Gasteiger partial charge in [0.2, 0.25) is 0 Å². The number of hydrogen-bond donors (Lipinski definition) is 0. The van der Waals surface area contributed by atoms with E-state index in [9.17, 15) is 13.2 Å². The van der Waals surface area contributed by atoms with Crippen molar-refractivity contribution in [1.29, 1.82) is 0 Å². The fraction of sp³-hybridized carbons (Fsp3) is 0.312. The number of methoxy groups -OCH3 is 1. The molecule has 10 heteroatoms. The molecule has 0 spiro atoms. The van der Waals surface area contributed by atoms with Gasteiger partial charge < -0.3 is 4.74 Å². The van der Waals surface area contributed by atoms with Crippen LogP contribution in [0.3, 0.4) is 0 Å². The standard InChI is InChI=1S/C16H14ClF3N4OS/c1-8-9(2)14(23-24-13(8)21-22-15(24)16(18,19)20)26-7-10-4-5-12(25-3)11(17)6-10/h4-6H,7H2,1-3H3. The maximum absolute atomic E-state index is 13.1. The molecule has 0 fully saturated rings. The largest absolute Gasteiger partial charge is 0.495 e. The number of benzene rings is 1. The Morgan fingerprint density at radius 2 is 1.92 bits per heavy atom. The van der Waals surface area contributed by atoms with Gasteiger partial charge in [-0.25, -0.2) is 0 Å². The van der Waals surface area contributed by atoms with Crippen LogP contribution in [0.4, 0.5) is 13.2 Å². The molecule has 1 aromatic carbocycles. The molecule has 0 bridgehead atoms. The summed E-state index contributed by atoms with van der Waals surface area (Å²) in [7, 11) is 1.53. The minimum absolute atomic E-state index is 0.103. The van der Waals surface area contributed by atoms with E-state index >= 15 is 0 Å². The molecule has 0 amide bonds. The van der Waals surface area contributed by atoms with Gasteiger partial charge in [0.25, 0.3) is 5.82 Å². The Hall–Kier alpha value is -2.00. The van der Waals surface area contributed by atoms with Crippen molar-refractivity contribution in [2.24, 2.45) is 0 Å². The number of rotatable bonds is 4. The highest BCUT2D eigenvalue weighted by molar-refractivity contribution is 7.98. The van der Waals surface area contributed by atoms with Crippen LogP contribution < -0.4 is 4.74 Å². The summed E-state index contributed by atoms with van der Waals surface area (Å²) in [6.07, 6.45) is -4.63. The number of alkyl halides is 3. The van der Waals surface area contributed by atoms with Gasteiger partial charge in [-0.1, -0.05) is 29.4 Å². The van der Waals surface area contributed by atoms with Crippen molar-refractivity contribution >= 4 is 29.0 Å². The van der Waals surface area contributed by atoms with Crippen molar-refractivity contribution < 1.29 is 17.9 Å². The highest BCUT2D eigenvalue weighted by Gasteiger charge is 2.38. The van der Waals surface area contributed by atoms with Crippen LogP contribution in [0.2, 0.25) is 5.02 Å². The van der Waals surface area contributed by atoms with Crippen LogP contribution in [0.1, 0.15) is 22.5 Å². The summed E-state index contributed by atoms with van der Waals surface area (Å²) >= 11 is 7.43. The Labute approximate surface area is 156 Å². The van der Waals surface area contributed by atoms with Gasteiger partial charge in [-0.05, 0) is 37.1 Å². The molecule has 0 radical (unpaired) electrons. The highest BCUT2D eigenvalue weighted by Crippen LogP contribution is 2.33. The molecule has 0 atom stereocenters. The van der Waals surface area contributed by atoms with E-state index in [4.69, 9.17) is 16.3 Å². The van der Waals surface area contributed by atoms with Crippen LogP contribution in [-0.2, 0) is 11.9 Å². The summed E-state index contributed by atoms with van der Waals surface area (Å²) in [5.74, 6) is -0.0809. The Morgan fingerprint density at radius 3 is 2.54 bits per heavy atom. The monoisotopic (exact) mass is 402 g/mol. The third kappa shape index (κ3) is 3.45. The summed E-state index contributed by atoms with van der Waals surface area (Å²) in [5.41, 5.74) is 2.38. The predicted octanol–water partition coefficient (Wildman–Crippen LogP) is 4.71. The molecular weight excluding hydrogens is 389 g/mol. The summed E-state index contributed by atoms with van der Waals surface area (Å²) in [6.45, 7) is 3.50. The minimum Gasteiger partial charge on any atom is -0.495 e. The first-order valence-electron chi connectivity index (χ1n) is 7.47. The van der Waals surface area contributed by atoms with E-state index in [1.807, 2.05) is 6.07 Å². The number of thioether (sulfide) groups is 1. The molecule has 26 heavy (non-hydrogen) atoms. The topological polar surface area (TPSA) is 52.3 Å². The lowest BCUT2D eigenvalue weighted by Crippen LogP contribution is -2.13. The fourth-order valence-corrected chi connectivity index (χ4v) is 3.64. The van der Waals surface area contributed by atoms with E-state index in [0.717, 1.165) is 15.6 Å². The maximum Gasteiger partial charge on any atom is 0.453 e. The van der Waals surface area contributed by atoms with Crippen molar-refractivity contribution in [2.75, 3.05) is 7.11 Å². The number of aryl methyl sites for hydroxylation is 1. The second kappa shape index (κ2) is 6.96. The van der Waals surface area contributed by atoms with E-state index < -0.39 is 12.0 Å². The summed E-state index contributed by atoms with van der Waals surface area (Å²) in [5, 5.41) is 11.9. The zero-order valence-electron chi connectivity index (χ0n) is 14.1. The van der Waals surface area contributed by atoms with Crippen LogP contribution >= 0.6 is 23.4 Å². The van der Waals surface area contributed by atoms with Crippen LogP contribution in [0.15, 0.2) is 23.2 Å². The van der Waals surface area contributed by atoms with Gasteiger partial charge in [-0.15, -0.1) is 10.2 Å². The molecule has 0 aliphatic heterocycles. The summed E-state index contributed by atoms with van der Waals surface area (Å²) < 4.78 is 45.1. The first-order chi connectivity index (χ1) is 12.2. The van der Waals surface area contributed by atoms with Crippen molar-refractivity contribution in [3.05, 3.63) is 45.7 Å². The zero-order chi connectivity index (χ0) is 19.1. The lowest BCUT2D eigenvalue weighted by molar-refractivity contribution is -0.146. The lowest BCUT2D eigenvalue weighted by atomic mass is 10.2. The third-order valence-corrected chi connectivity index (χ3v) is 5.33. The van der Waals surface area contributed by atoms with E-state index in [0.29, 0.717) is 27.1 Å². The average Bonchev–Trinajstić information content (AvgIpc) is 3.01. The minimum atomic E-state index is -4.63. The van der Waals surface area contributed by atoms with E-state index in [2.05, 4.69) is 15.3 Å². The normalized spacial score (nSPS) is 12.0. The second-order valence-electron chi connectivity index (χ2n) is 5.57. The maximum atomic E-state index is 13.1. The Bertz CT molecular complexity index is 974. The van der Waals surface area contributed by atoms with Crippen LogP contribution in [0.25, 0.3) is 5.65 Å². The van der Waals surface area contributed by atoms with Gasteiger partial charge >= 0.3 is 6.18 Å². The molecule has 5 nitrogen and oxygen atoms in total. The summed E-state index contributed by atoms with van der Waals surface area (Å²) in [6, 6.07) is 5.35. The van der Waals surface area contributed by atoms with Crippen molar-refractivity contribution in [1.82, 2.24) is 19.8 Å². The third-order valence-electron chi connectivity index (χ3n) is 3.90. The number of nitrogens with zero attached hydrogens (tertiary/aromatic N) is 4. The first kappa shape index (κ1) is 18.8. The average molecular weight is 403 g/mol. The predicted molar refractivity (Wildman–Crippen MR) is 92.8 cm³/mol. The number of hydrogen-bond acceptors (Lipinski definition) is 5. The van der Waals surface area contributed by atoms with E-state index in [1.54, 1.807) is 26.0 Å². The van der Waals surface area contributed by atoms with Crippen molar-refractivity contribution in [2.45, 2.75) is 30.8 Å². The SMILES string of the molecule is COc1ccc(CSc2nn3c(C(F)(F)F)nnc3c(C)c2C)cc1Cl. The van der Waals surface area contributed by atoms with E-state index in [-0.39, 0.29) is 5.65 Å².